The van der Waals surface area contributed by atoms with Gasteiger partial charge < -0.3 is 35.1 Å². The molecular weight excluding hydrogens is 921 g/mol. The van der Waals surface area contributed by atoms with E-state index in [4.69, 9.17) is 14.2 Å². The summed E-state index contributed by atoms with van der Waals surface area (Å²) < 4.78 is 20.1. The number of carbonyl (C=O) groups excluding carboxylic acids is 3. The lowest BCUT2D eigenvalue weighted by molar-refractivity contribution is -0.121. The summed E-state index contributed by atoms with van der Waals surface area (Å²) >= 11 is 0. The molecule has 5 saturated heterocycles. The lowest BCUT2D eigenvalue weighted by Gasteiger charge is -2.49. The Balaban J connectivity index is 0.000000156. The molecule has 13 rings (SSSR count). The van der Waals surface area contributed by atoms with Crippen molar-refractivity contribution in [3.8, 4) is 0 Å². The Morgan fingerprint density at radius 2 is 1.36 bits per heavy atom. The summed E-state index contributed by atoms with van der Waals surface area (Å²) in [4.78, 5) is 39.9. The number of benzene rings is 1. The minimum absolute atomic E-state index is 0.0447. The molecule has 0 aromatic heterocycles. The number of hydrogen-bond donors (Lipinski definition) is 3. The first kappa shape index (κ1) is 51.3. The fourth-order valence-corrected chi connectivity index (χ4v) is 19.9. The van der Waals surface area contributed by atoms with Crippen molar-refractivity contribution in [2.24, 2.45) is 81.8 Å². The summed E-state index contributed by atoms with van der Waals surface area (Å²) in [7, 11) is 0. The van der Waals surface area contributed by atoms with Crippen molar-refractivity contribution >= 4 is 17.9 Å². The highest BCUT2D eigenvalue weighted by molar-refractivity contribution is 5.88. The average molecular weight is 1010 g/mol. The first-order valence-corrected chi connectivity index (χ1v) is 30.2. The van der Waals surface area contributed by atoms with Crippen molar-refractivity contribution in [3.05, 3.63) is 70.3 Å². The molecule has 6 aliphatic carbocycles. The molecule has 0 radical (unpaired) electrons. The molecule has 20 atom stereocenters. The van der Waals surface area contributed by atoms with E-state index in [0.29, 0.717) is 65.6 Å². The minimum Gasteiger partial charge on any atom is -0.445 e. The number of fused-ring (bicyclic) bond motifs is 12. The Morgan fingerprint density at radius 3 is 2.09 bits per heavy atom. The minimum atomic E-state index is -0.228. The van der Waals surface area contributed by atoms with E-state index in [1.165, 1.54) is 56.9 Å². The Bertz CT molecular complexity index is 2440. The van der Waals surface area contributed by atoms with Crippen LogP contribution in [-0.4, -0.2) is 84.5 Å². The second kappa shape index (κ2) is 19.5. The molecule has 10 heteroatoms. The monoisotopic (exact) mass is 1010 g/mol. The van der Waals surface area contributed by atoms with Crippen molar-refractivity contribution in [2.75, 3.05) is 26.2 Å². The molecule has 0 bridgehead atoms. The quantitative estimate of drug-likeness (QED) is 0.253. The van der Waals surface area contributed by atoms with Crippen LogP contribution in [0.2, 0.25) is 0 Å². The van der Waals surface area contributed by atoms with E-state index in [9.17, 15) is 14.4 Å². The van der Waals surface area contributed by atoms with Crippen LogP contribution in [0.15, 0.2) is 64.8 Å². The topological polar surface area (TPSA) is 118 Å². The number of allylic oxidation sites excluding steroid dienone is 3. The van der Waals surface area contributed by atoms with Gasteiger partial charge in [0.2, 0.25) is 11.8 Å². The molecule has 6 heterocycles. The first-order valence-electron chi connectivity index (χ1n) is 30.2. The van der Waals surface area contributed by atoms with Crippen LogP contribution in [0.25, 0.3) is 0 Å². The number of rotatable bonds is 2. The van der Waals surface area contributed by atoms with Gasteiger partial charge in [-0.1, -0.05) is 100 Å². The average Bonchev–Trinajstić information content (AvgIpc) is 4.00. The maximum Gasteiger partial charge on any atom is 0.410 e. The zero-order valence-electron chi connectivity index (χ0n) is 46.5. The Labute approximate surface area is 444 Å². The van der Waals surface area contributed by atoms with E-state index < -0.39 is 0 Å². The lowest BCUT2D eigenvalue weighted by Crippen LogP contribution is -2.54. The van der Waals surface area contributed by atoms with Crippen molar-refractivity contribution < 1.29 is 28.6 Å². The van der Waals surface area contributed by atoms with Gasteiger partial charge in [0, 0.05) is 43.9 Å². The van der Waals surface area contributed by atoms with Gasteiger partial charge in [0.1, 0.15) is 6.61 Å². The number of carbonyl (C=O) groups is 3. The van der Waals surface area contributed by atoms with Crippen LogP contribution in [0.4, 0.5) is 4.79 Å². The van der Waals surface area contributed by atoms with Crippen molar-refractivity contribution in [1.82, 2.24) is 20.9 Å². The summed E-state index contributed by atoms with van der Waals surface area (Å²) in [5.74, 6) is 7.71. The summed E-state index contributed by atoms with van der Waals surface area (Å²) in [6.45, 7) is 23.1. The molecule has 0 unspecified atom stereocenters. The van der Waals surface area contributed by atoms with Gasteiger partial charge in [-0.3, -0.25) is 9.59 Å². The van der Waals surface area contributed by atoms with Gasteiger partial charge in [0.25, 0.3) is 0 Å². The van der Waals surface area contributed by atoms with E-state index in [1.807, 2.05) is 35.2 Å². The van der Waals surface area contributed by atoms with Crippen LogP contribution in [0.3, 0.4) is 0 Å². The molecule has 404 valence electrons. The van der Waals surface area contributed by atoms with Crippen molar-refractivity contribution in [2.45, 2.75) is 200 Å². The fraction of sp³-hybridized carbons (Fsp3) is 0.766. The number of hydrogen-bond acceptors (Lipinski definition) is 7. The molecule has 2 spiro atoms. The first-order chi connectivity index (χ1) is 35.5. The third-order valence-electron chi connectivity index (χ3n) is 24.1. The Kier molecular flexibility index (Phi) is 13.5. The number of nitrogens with one attached hydrogen (secondary N) is 3. The van der Waals surface area contributed by atoms with Gasteiger partial charge in [-0.05, 0) is 198 Å². The molecule has 4 saturated carbocycles. The molecule has 1 aromatic rings. The van der Waals surface area contributed by atoms with Crippen LogP contribution < -0.4 is 16.0 Å². The third-order valence-corrected chi connectivity index (χ3v) is 24.1. The number of piperidine rings is 2. The van der Waals surface area contributed by atoms with Crippen LogP contribution in [0.5, 0.6) is 0 Å². The lowest BCUT2D eigenvalue weighted by atomic mass is 9.55. The maximum atomic E-state index is 13.5. The van der Waals surface area contributed by atoms with Gasteiger partial charge in [-0.25, -0.2) is 4.79 Å². The van der Waals surface area contributed by atoms with E-state index in [2.05, 4.69) is 77.4 Å². The summed E-state index contributed by atoms with van der Waals surface area (Å²) in [5.41, 5.74) is 7.89. The highest BCUT2D eigenvalue weighted by Gasteiger charge is 2.62. The van der Waals surface area contributed by atoms with Crippen LogP contribution in [-0.2, 0) is 30.4 Å². The summed E-state index contributed by atoms with van der Waals surface area (Å²) in [5, 5.41) is 10.2. The summed E-state index contributed by atoms with van der Waals surface area (Å²) in [6.07, 6.45) is 22.7. The molecule has 1 aromatic carbocycles. The van der Waals surface area contributed by atoms with Crippen LogP contribution >= 0.6 is 0 Å². The molecule has 6 aliphatic heterocycles. The molecule has 9 fully saturated rings. The normalized spacial score (nSPS) is 47.2. The predicted molar refractivity (Wildman–Crippen MR) is 289 cm³/mol. The zero-order chi connectivity index (χ0) is 51.5. The van der Waals surface area contributed by atoms with E-state index in [0.717, 1.165) is 107 Å². The standard InChI is InChI=1S/C36H48N2O4.C28H44N2O2/c1-22-16-31-33(38(20-22)34(40)41-21-25-8-6-5-7-9-25)24(3)36(42-31)15-12-27-28-11-10-26-19-37-32(39)13-14-35(26,4)30(28)17-29(27)23(2)18-36;1-16-11-24-26(30-14-16)18(3)28(32-24)10-7-20-21-6-5-19-15-29-25(31)8-9-27(19,4)23(21)12-22(20)17(2)13-28/h5-9,13-14,22,24,26-28,30-31,33H,10-12,15-21H2,1-4H3,(H,37,39);16,18-21,23-24,26,30H,5-15H2,1-4H3,(H,29,31)/t22-,24+,26+,27-,28-,30-,31+,33-,35-,36-;16-,18+,19+,20-,21-,23-,24+,26-,27-,28-/m00/s1. The van der Waals surface area contributed by atoms with Gasteiger partial charge in [-0.15, -0.1) is 0 Å². The summed E-state index contributed by atoms with van der Waals surface area (Å²) in [6, 6.07) is 10.6. The van der Waals surface area contributed by atoms with E-state index in [-0.39, 0.29) is 52.6 Å². The molecule has 3 N–H and O–H groups in total. The highest BCUT2D eigenvalue weighted by atomic mass is 16.6. The second-order valence-electron chi connectivity index (χ2n) is 27.8. The van der Waals surface area contributed by atoms with Gasteiger partial charge >= 0.3 is 6.09 Å². The Morgan fingerprint density at radius 1 is 0.730 bits per heavy atom. The van der Waals surface area contributed by atoms with Crippen molar-refractivity contribution in [1.29, 1.82) is 0 Å². The zero-order valence-corrected chi connectivity index (χ0v) is 46.5. The number of ether oxygens (including phenoxy) is 3. The number of likely N-dealkylation sites (tertiary alicyclic amines) is 1. The van der Waals surface area contributed by atoms with Gasteiger partial charge in [-0.2, -0.15) is 0 Å². The Hall–Kier alpha value is -3.47. The van der Waals surface area contributed by atoms with Gasteiger partial charge in [0.15, 0.2) is 0 Å². The number of nitrogens with zero attached hydrogens (tertiary/aromatic N) is 1. The molecule has 10 nitrogen and oxygen atoms in total. The SMILES string of the molecule is CC1=C2C[C@H]3[C@@H](CC[C@@H]4CNC(=O)C=C[C@@]43C)[C@@H]2CC[C@@]2(C1)O[C@@H]1C[C@H](C)CN(C(=O)OCc3ccccc3)[C@H]1[C@H]2C.CC1=C2C[C@H]3[C@@H](CC[C@@H]4CNC(=O)CC[C@@]43C)[C@@H]2CC[C@@]2(C1)O[C@@H]1C[C@H](C)CN[C@H]1[C@H]2C. The second-order valence-corrected chi connectivity index (χ2v) is 27.8. The predicted octanol–water partition coefficient (Wildman–Crippen LogP) is 11.5. The van der Waals surface area contributed by atoms with Crippen LogP contribution in [0, 0.1) is 81.8 Å². The molecule has 74 heavy (non-hydrogen) atoms. The third kappa shape index (κ3) is 8.61. The van der Waals surface area contributed by atoms with E-state index in [1.54, 1.807) is 22.8 Å². The molecular formula is C64H92N4O6. The van der Waals surface area contributed by atoms with Crippen LogP contribution in [0.1, 0.15) is 164 Å². The smallest absolute Gasteiger partial charge is 0.410 e. The fourth-order valence-electron chi connectivity index (χ4n) is 19.9. The van der Waals surface area contributed by atoms with Gasteiger partial charge in [0.05, 0.1) is 29.5 Å². The van der Waals surface area contributed by atoms with Crippen molar-refractivity contribution in [3.63, 3.8) is 0 Å². The maximum absolute atomic E-state index is 13.5. The largest absolute Gasteiger partial charge is 0.445 e. The highest BCUT2D eigenvalue weighted by Crippen LogP contribution is 2.65. The molecule has 3 amide bonds. The molecule has 12 aliphatic rings. The van der Waals surface area contributed by atoms with E-state index >= 15 is 0 Å². The number of amides is 3.